The zero-order valence-corrected chi connectivity index (χ0v) is 10.6. The van der Waals surface area contributed by atoms with Crippen molar-refractivity contribution in [1.29, 1.82) is 0 Å². The molecule has 0 saturated heterocycles. The zero-order valence-electron chi connectivity index (χ0n) is 9.82. The highest BCUT2D eigenvalue weighted by atomic mass is 32.2. The van der Waals surface area contributed by atoms with E-state index in [0.29, 0.717) is 0 Å². The van der Waals surface area contributed by atoms with Gasteiger partial charge in [-0.15, -0.1) is 0 Å². The number of nitrogens with zero attached hydrogens (tertiary/aromatic N) is 2. The Labute approximate surface area is 113 Å². The van der Waals surface area contributed by atoms with Gasteiger partial charge in [0.1, 0.15) is 0 Å². The number of aromatic nitrogens is 2. The lowest BCUT2D eigenvalue weighted by Gasteiger charge is -2.08. The van der Waals surface area contributed by atoms with E-state index >= 15 is 0 Å². The first-order valence-corrected chi connectivity index (χ1v) is 6.70. The molecular formula is C11H8FN3O4S. The molecule has 2 aromatic heterocycles. The number of carboxylic acids is 1. The molecular weight excluding hydrogens is 289 g/mol. The van der Waals surface area contributed by atoms with E-state index in [1.54, 1.807) is 0 Å². The van der Waals surface area contributed by atoms with Crippen LogP contribution in [0.3, 0.4) is 0 Å². The predicted molar refractivity (Wildman–Crippen MR) is 66.2 cm³/mol. The molecule has 0 spiro atoms. The zero-order chi connectivity index (χ0) is 14.8. The van der Waals surface area contributed by atoms with Crippen LogP contribution in [0.15, 0.2) is 41.7 Å². The van der Waals surface area contributed by atoms with Crippen LogP contribution in [0.25, 0.3) is 0 Å². The Bertz CT molecular complexity index is 750. The second-order valence-corrected chi connectivity index (χ2v) is 5.33. The first-order chi connectivity index (χ1) is 9.40. The molecule has 2 heterocycles. The standard InChI is InChI=1S/C11H8FN3O4S/c12-9-5-7(6-14-10(9)11(16)17)15-20(18,19)8-1-3-13-4-2-8/h1-6,15H,(H,16,17). The van der Waals surface area contributed by atoms with Crippen LogP contribution in [-0.4, -0.2) is 29.5 Å². The topological polar surface area (TPSA) is 109 Å². The maximum Gasteiger partial charge on any atom is 0.357 e. The van der Waals surface area contributed by atoms with E-state index in [4.69, 9.17) is 5.11 Å². The summed E-state index contributed by atoms with van der Waals surface area (Å²) in [6.45, 7) is 0. The number of hydrogen-bond donors (Lipinski definition) is 2. The molecule has 0 aliphatic heterocycles. The van der Waals surface area contributed by atoms with Crippen LogP contribution in [0.1, 0.15) is 10.5 Å². The minimum Gasteiger partial charge on any atom is -0.476 e. The third-order valence-corrected chi connectivity index (χ3v) is 3.65. The molecule has 0 aliphatic rings. The molecule has 2 N–H and O–H groups in total. The molecule has 0 aromatic carbocycles. The summed E-state index contributed by atoms with van der Waals surface area (Å²) >= 11 is 0. The summed E-state index contributed by atoms with van der Waals surface area (Å²) in [5.41, 5.74) is -0.957. The van der Waals surface area contributed by atoms with Crippen LogP contribution >= 0.6 is 0 Å². The van der Waals surface area contributed by atoms with E-state index in [-0.39, 0.29) is 10.6 Å². The van der Waals surface area contributed by atoms with Gasteiger partial charge in [-0.25, -0.2) is 22.6 Å². The maximum absolute atomic E-state index is 13.4. The molecule has 0 saturated carbocycles. The number of carbonyl (C=O) groups is 1. The molecule has 0 bridgehead atoms. The van der Waals surface area contributed by atoms with Crippen molar-refractivity contribution < 1.29 is 22.7 Å². The fraction of sp³-hybridized carbons (Fsp3) is 0. The first kappa shape index (κ1) is 13.9. The molecule has 2 aromatic rings. The van der Waals surface area contributed by atoms with Gasteiger partial charge in [-0.2, -0.15) is 0 Å². The average molecular weight is 297 g/mol. The fourth-order valence-corrected chi connectivity index (χ4v) is 2.40. The van der Waals surface area contributed by atoms with Crippen LogP contribution < -0.4 is 4.72 Å². The van der Waals surface area contributed by atoms with Crippen molar-refractivity contribution >= 4 is 21.7 Å². The summed E-state index contributed by atoms with van der Waals surface area (Å²) in [6.07, 6.45) is 3.51. The quantitative estimate of drug-likeness (QED) is 0.875. The first-order valence-electron chi connectivity index (χ1n) is 5.22. The normalized spacial score (nSPS) is 11.1. The molecule has 0 atom stereocenters. The maximum atomic E-state index is 13.4. The van der Waals surface area contributed by atoms with Crippen molar-refractivity contribution in [2.75, 3.05) is 4.72 Å². The Balaban J connectivity index is 2.31. The number of hydrogen-bond acceptors (Lipinski definition) is 5. The Morgan fingerprint density at radius 1 is 1.30 bits per heavy atom. The summed E-state index contributed by atoms with van der Waals surface area (Å²) in [5.74, 6) is -2.67. The van der Waals surface area contributed by atoms with Gasteiger partial charge in [0.2, 0.25) is 0 Å². The highest BCUT2D eigenvalue weighted by Crippen LogP contribution is 2.16. The Hall–Kier alpha value is -2.55. The molecule has 9 heteroatoms. The number of nitrogens with one attached hydrogen (secondary N) is 1. The van der Waals surface area contributed by atoms with Gasteiger partial charge < -0.3 is 5.11 Å². The molecule has 0 fully saturated rings. The van der Waals surface area contributed by atoms with Gasteiger partial charge in [0, 0.05) is 18.5 Å². The van der Waals surface area contributed by atoms with Crippen LogP contribution in [0.5, 0.6) is 0 Å². The SMILES string of the molecule is O=C(O)c1ncc(NS(=O)(=O)c2ccncc2)cc1F. The van der Waals surface area contributed by atoms with Crippen molar-refractivity contribution in [2.24, 2.45) is 0 Å². The lowest BCUT2D eigenvalue weighted by Crippen LogP contribution is -2.14. The second kappa shape index (κ2) is 5.21. The number of aromatic carboxylic acids is 1. The number of anilines is 1. The second-order valence-electron chi connectivity index (χ2n) is 3.65. The molecule has 7 nitrogen and oxygen atoms in total. The largest absolute Gasteiger partial charge is 0.476 e. The van der Waals surface area contributed by atoms with E-state index in [1.807, 2.05) is 0 Å². The molecule has 0 unspecified atom stereocenters. The van der Waals surface area contributed by atoms with Gasteiger partial charge in [-0.1, -0.05) is 0 Å². The third-order valence-electron chi connectivity index (χ3n) is 2.26. The molecule has 20 heavy (non-hydrogen) atoms. The summed E-state index contributed by atoms with van der Waals surface area (Å²) in [5, 5.41) is 8.62. The van der Waals surface area contributed by atoms with E-state index in [0.717, 1.165) is 12.3 Å². The van der Waals surface area contributed by atoms with Gasteiger partial charge in [-0.05, 0) is 12.1 Å². The minimum atomic E-state index is -3.91. The highest BCUT2D eigenvalue weighted by Gasteiger charge is 2.17. The van der Waals surface area contributed by atoms with Gasteiger partial charge in [-0.3, -0.25) is 9.71 Å². The summed E-state index contributed by atoms with van der Waals surface area (Å²) < 4.78 is 39.3. The molecule has 0 amide bonds. The Morgan fingerprint density at radius 3 is 2.50 bits per heavy atom. The van der Waals surface area contributed by atoms with Crippen molar-refractivity contribution in [3.63, 3.8) is 0 Å². The van der Waals surface area contributed by atoms with Crippen LogP contribution in [0.4, 0.5) is 10.1 Å². The molecule has 0 aliphatic carbocycles. The predicted octanol–water partition coefficient (Wildman–Crippen LogP) is 1.11. The van der Waals surface area contributed by atoms with E-state index in [1.165, 1.54) is 24.5 Å². The van der Waals surface area contributed by atoms with Crippen molar-refractivity contribution in [2.45, 2.75) is 4.90 Å². The lowest BCUT2D eigenvalue weighted by molar-refractivity contribution is 0.0685. The van der Waals surface area contributed by atoms with Gasteiger partial charge in [0.05, 0.1) is 16.8 Å². The number of sulfonamides is 1. The van der Waals surface area contributed by atoms with E-state index in [2.05, 4.69) is 14.7 Å². The summed E-state index contributed by atoms with van der Waals surface area (Å²) in [7, 11) is -3.91. The van der Waals surface area contributed by atoms with Gasteiger partial charge in [0.25, 0.3) is 10.0 Å². The number of rotatable bonds is 4. The average Bonchev–Trinajstić information content (AvgIpc) is 2.39. The van der Waals surface area contributed by atoms with Crippen LogP contribution in [0.2, 0.25) is 0 Å². The van der Waals surface area contributed by atoms with E-state index < -0.39 is 27.5 Å². The Kier molecular flexibility index (Phi) is 3.61. The molecule has 2 rings (SSSR count). The fourth-order valence-electron chi connectivity index (χ4n) is 1.38. The number of halogens is 1. The lowest BCUT2D eigenvalue weighted by atomic mass is 10.3. The Morgan fingerprint density at radius 2 is 1.95 bits per heavy atom. The monoisotopic (exact) mass is 297 g/mol. The van der Waals surface area contributed by atoms with Gasteiger partial charge in [0.15, 0.2) is 11.5 Å². The van der Waals surface area contributed by atoms with Crippen molar-refractivity contribution in [3.8, 4) is 0 Å². The van der Waals surface area contributed by atoms with Crippen LogP contribution in [-0.2, 0) is 10.0 Å². The summed E-state index contributed by atoms with van der Waals surface area (Å²) in [6, 6.07) is 3.27. The third kappa shape index (κ3) is 2.88. The highest BCUT2D eigenvalue weighted by molar-refractivity contribution is 7.92. The number of carboxylic acid groups (broad SMARTS) is 1. The minimum absolute atomic E-state index is 0.0600. The molecule has 0 radical (unpaired) electrons. The smallest absolute Gasteiger partial charge is 0.357 e. The van der Waals surface area contributed by atoms with Crippen molar-refractivity contribution in [1.82, 2.24) is 9.97 Å². The summed E-state index contributed by atoms with van der Waals surface area (Å²) in [4.78, 5) is 17.6. The van der Waals surface area contributed by atoms with E-state index in [9.17, 15) is 17.6 Å². The van der Waals surface area contributed by atoms with Crippen LogP contribution in [0, 0.1) is 5.82 Å². The number of pyridine rings is 2. The van der Waals surface area contributed by atoms with Gasteiger partial charge >= 0.3 is 5.97 Å². The molecule has 104 valence electrons. The van der Waals surface area contributed by atoms with Crippen molar-refractivity contribution in [3.05, 3.63) is 48.3 Å².